The second-order valence-corrected chi connectivity index (χ2v) is 7.35. The van der Waals surface area contributed by atoms with Gasteiger partial charge in [0.1, 0.15) is 11.9 Å². The van der Waals surface area contributed by atoms with E-state index in [4.69, 9.17) is 10.3 Å². The Morgan fingerprint density at radius 1 is 1.42 bits per heavy atom. The lowest BCUT2D eigenvalue weighted by molar-refractivity contribution is -0.116. The van der Waals surface area contributed by atoms with Crippen molar-refractivity contribution in [1.82, 2.24) is 0 Å². The van der Waals surface area contributed by atoms with Gasteiger partial charge in [0.05, 0.1) is 23.7 Å². The first-order valence-electron chi connectivity index (χ1n) is 6.96. The molecule has 0 aromatic heterocycles. The van der Waals surface area contributed by atoms with Crippen LogP contribution in [0.1, 0.15) is 0 Å². The van der Waals surface area contributed by atoms with E-state index in [1.54, 1.807) is 6.07 Å². The smallest absolute Gasteiger partial charge is 0.414 e. The summed E-state index contributed by atoms with van der Waals surface area (Å²) in [6.07, 6.45) is -1.24. The standard InChI is InChI=1S/C13H13N5O5S/c1-17-10-3-2-8(4-11(10)24(21,22)7-12(17)19)18-6-9(5-15-16-14)23-13(18)20/h2-4,9H,5-7H2,1H3/t9-/m0/s1. The van der Waals surface area contributed by atoms with Crippen molar-refractivity contribution in [2.45, 2.75) is 11.0 Å². The highest BCUT2D eigenvalue weighted by Crippen LogP contribution is 2.34. The summed E-state index contributed by atoms with van der Waals surface area (Å²) in [5.41, 5.74) is 8.93. The van der Waals surface area contributed by atoms with Gasteiger partial charge in [0, 0.05) is 17.6 Å². The van der Waals surface area contributed by atoms with E-state index in [1.807, 2.05) is 0 Å². The summed E-state index contributed by atoms with van der Waals surface area (Å²) in [5, 5.41) is 3.36. The third kappa shape index (κ3) is 2.63. The third-order valence-corrected chi connectivity index (χ3v) is 5.49. The fourth-order valence-electron chi connectivity index (χ4n) is 2.62. The van der Waals surface area contributed by atoms with Gasteiger partial charge >= 0.3 is 6.09 Å². The number of ether oxygens (including phenoxy) is 1. The van der Waals surface area contributed by atoms with E-state index in [9.17, 15) is 18.0 Å². The third-order valence-electron chi connectivity index (χ3n) is 3.86. The lowest BCUT2D eigenvalue weighted by Crippen LogP contribution is -2.38. The molecule has 11 heteroatoms. The van der Waals surface area contributed by atoms with Gasteiger partial charge in [0.25, 0.3) is 0 Å². The first kappa shape index (κ1) is 16.1. The molecule has 0 N–H and O–H groups in total. The van der Waals surface area contributed by atoms with Gasteiger partial charge in [-0.25, -0.2) is 13.2 Å². The fourth-order valence-corrected chi connectivity index (χ4v) is 4.12. The fraction of sp³-hybridized carbons (Fsp3) is 0.385. The van der Waals surface area contributed by atoms with Gasteiger partial charge < -0.3 is 9.64 Å². The molecule has 2 amide bonds. The van der Waals surface area contributed by atoms with E-state index in [0.717, 1.165) is 0 Å². The van der Waals surface area contributed by atoms with E-state index in [1.165, 1.54) is 29.0 Å². The van der Waals surface area contributed by atoms with Gasteiger partial charge in [-0.2, -0.15) is 0 Å². The molecule has 0 spiro atoms. The monoisotopic (exact) mass is 351 g/mol. The minimum absolute atomic E-state index is 0.000775. The number of amides is 2. The maximum atomic E-state index is 12.2. The quantitative estimate of drug-likeness (QED) is 0.456. The number of carbonyl (C=O) groups excluding carboxylic acids is 2. The molecular weight excluding hydrogens is 338 g/mol. The molecule has 0 saturated carbocycles. The van der Waals surface area contributed by atoms with Gasteiger partial charge in [0.15, 0.2) is 9.84 Å². The molecule has 1 saturated heterocycles. The van der Waals surface area contributed by atoms with Crippen LogP contribution in [0.15, 0.2) is 28.2 Å². The number of rotatable bonds is 3. The molecule has 126 valence electrons. The summed E-state index contributed by atoms with van der Waals surface area (Å²) in [4.78, 5) is 28.8. The van der Waals surface area contributed by atoms with E-state index >= 15 is 0 Å². The highest BCUT2D eigenvalue weighted by Gasteiger charge is 2.36. The van der Waals surface area contributed by atoms with Crippen LogP contribution in [0.5, 0.6) is 0 Å². The molecule has 0 aliphatic carbocycles. The highest BCUT2D eigenvalue weighted by atomic mass is 32.2. The summed E-state index contributed by atoms with van der Waals surface area (Å²) in [6, 6.07) is 4.37. The molecule has 1 aromatic carbocycles. The Kier molecular flexibility index (Phi) is 3.82. The summed E-state index contributed by atoms with van der Waals surface area (Å²) in [6.45, 7) is 0.144. The molecule has 2 aliphatic heterocycles. The molecule has 3 rings (SSSR count). The molecule has 0 radical (unpaired) electrons. The van der Waals surface area contributed by atoms with Crippen molar-refractivity contribution >= 4 is 33.2 Å². The second-order valence-electron chi connectivity index (χ2n) is 5.39. The Balaban J connectivity index is 1.96. The number of anilines is 2. The van der Waals surface area contributed by atoms with Crippen LogP contribution in [-0.4, -0.2) is 52.4 Å². The van der Waals surface area contributed by atoms with Crippen LogP contribution in [0.25, 0.3) is 10.4 Å². The number of hydrogen-bond acceptors (Lipinski definition) is 6. The molecule has 2 heterocycles. The van der Waals surface area contributed by atoms with Crippen molar-refractivity contribution in [3.8, 4) is 0 Å². The first-order valence-corrected chi connectivity index (χ1v) is 8.61. The van der Waals surface area contributed by atoms with E-state index in [-0.39, 0.29) is 23.7 Å². The Bertz CT molecular complexity index is 877. The topological polar surface area (TPSA) is 133 Å². The predicted molar refractivity (Wildman–Crippen MR) is 83.5 cm³/mol. The first-order chi connectivity index (χ1) is 11.3. The molecule has 0 bridgehead atoms. The second kappa shape index (κ2) is 5.69. The maximum absolute atomic E-state index is 12.2. The zero-order valence-corrected chi connectivity index (χ0v) is 13.4. The molecule has 10 nitrogen and oxygen atoms in total. The van der Waals surface area contributed by atoms with Gasteiger partial charge in [-0.05, 0) is 23.7 Å². The molecule has 1 aromatic rings. The van der Waals surface area contributed by atoms with Gasteiger partial charge in [-0.3, -0.25) is 9.69 Å². The highest BCUT2D eigenvalue weighted by molar-refractivity contribution is 7.92. The minimum atomic E-state index is -3.76. The van der Waals surface area contributed by atoms with E-state index < -0.39 is 33.7 Å². The van der Waals surface area contributed by atoms with Crippen molar-refractivity contribution in [3.63, 3.8) is 0 Å². The minimum Gasteiger partial charge on any atom is -0.444 e. The average Bonchev–Trinajstić information content (AvgIpc) is 2.91. The summed E-state index contributed by atoms with van der Waals surface area (Å²) >= 11 is 0. The molecular formula is C13H13N5O5S. The zero-order valence-electron chi connectivity index (χ0n) is 12.6. The van der Waals surface area contributed by atoms with Crippen molar-refractivity contribution < 1.29 is 22.7 Å². The SMILES string of the molecule is CN1C(=O)CS(=O)(=O)c2cc(N3C[C@H](CN=[N+]=[N-])OC3=O)ccc21. The Hall–Kier alpha value is -2.78. The molecule has 24 heavy (non-hydrogen) atoms. The zero-order chi connectivity index (χ0) is 17.5. The van der Waals surface area contributed by atoms with Crippen LogP contribution < -0.4 is 9.80 Å². The van der Waals surface area contributed by atoms with Gasteiger partial charge in [-0.15, -0.1) is 0 Å². The number of benzene rings is 1. The van der Waals surface area contributed by atoms with Crippen LogP contribution in [0, 0.1) is 0 Å². The van der Waals surface area contributed by atoms with Crippen molar-refractivity contribution in [2.75, 3.05) is 35.7 Å². The van der Waals surface area contributed by atoms with E-state index in [0.29, 0.717) is 5.69 Å². The average molecular weight is 351 g/mol. The van der Waals surface area contributed by atoms with Crippen molar-refractivity contribution in [1.29, 1.82) is 0 Å². The van der Waals surface area contributed by atoms with Crippen molar-refractivity contribution in [3.05, 3.63) is 28.6 Å². The number of sulfone groups is 1. The van der Waals surface area contributed by atoms with Crippen LogP contribution in [0.2, 0.25) is 0 Å². The summed E-state index contributed by atoms with van der Waals surface area (Å²) < 4.78 is 29.6. The number of nitrogens with zero attached hydrogens (tertiary/aromatic N) is 5. The van der Waals surface area contributed by atoms with Crippen molar-refractivity contribution in [2.24, 2.45) is 5.11 Å². The maximum Gasteiger partial charge on any atom is 0.414 e. The Morgan fingerprint density at radius 2 is 2.17 bits per heavy atom. The number of cyclic esters (lactones) is 1. The summed E-state index contributed by atoms with van der Waals surface area (Å²) in [5.74, 6) is -1.12. The predicted octanol–water partition coefficient (Wildman–Crippen LogP) is 1.07. The molecule has 0 unspecified atom stereocenters. The Labute approximate surface area is 137 Å². The molecule has 1 atom stereocenters. The summed E-state index contributed by atoms with van der Waals surface area (Å²) in [7, 11) is -2.26. The largest absolute Gasteiger partial charge is 0.444 e. The van der Waals surface area contributed by atoms with Gasteiger partial charge in [-0.1, -0.05) is 5.11 Å². The number of hydrogen-bond donors (Lipinski definition) is 0. The Morgan fingerprint density at radius 3 is 2.88 bits per heavy atom. The number of carbonyl (C=O) groups is 2. The van der Waals surface area contributed by atoms with Gasteiger partial charge in [0.2, 0.25) is 5.91 Å². The number of fused-ring (bicyclic) bond motifs is 1. The van der Waals surface area contributed by atoms with Crippen LogP contribution in [0.3, 0.4) is 0 Å². The van der Waals surface area contributed by atoms with E-state index in [2.05, 4.69) is 10.0 Å². The normalized spacial score (nSPS) is 22.0. The molecule has 1 fully saturated rings. The number of azide groups is 1. The lowest BCUT2D eigenvalue weighted by atomic mass is 10.2. The van der Waals surface area contributed by atoms with Crippen LogP contribution in [-0.2, 0) is 19.4 Å². The lowest BCUT2D eigenvalue weighted by Gasteiger charge is -2.26. The molecule has 2 aliphatic rings. The van der Waals surface area contributed by atoms with Crippen LogP contribution >= 0.6 is 0 Å². The van der Waals surface area contributed by atoms with Crippen LogP contribution in [0.4, 0.5) is 16.2 Å².